The van der Waals surface area contributed by atoms with Gasteiger partial charge in [0, 0.05) is 59.2 Å². The Labute approximate surface area is 126 Å². The van der Waals surface area contributed by atoms with Gasteiger partial charge in [-0.1, -0.05) is 6.07 Å². The maximum atomic E-state index is 12.1. The second-order valence-electron chi connectivity index (χ2n) is 6.61. The smallest absolute Gasteiger partial charge is 0.319 e. The highest BCUT2D eigenvalue weighted by Crippen LogP contribution is 2.29. The summed E-state index contributed by atoms with van der Waals surface area (Å²) >= 11 is 0. The van der Waals surface area contributed by atoms with Crippen molar-refractivity contribution in [2.75, 3.05) is 40.3 Å². The third-order valence-electron chi connectivity index (χ3n) is 4.44. The van der Waals surface area contributed by atoms with Crippen LogP contribution in [0.1, 0.15) is 12.0 Å². The van der Waals surface area contributed by atoms with Crippen LogP contribution in [-0.2, 0) is 6.54 Å². The van der Waals surface area contributed by atoms with Crippen LogP contribution in [-0.4, -0.2) is 66.0 Å². The molecule has 2 amide bonds. The van der Waals surface area contributed by atoms with Gasteiger partial charge in [0.25, 0.3) is 0 Å². The minimum atomic E-state index is 0.158. The molecule has 5 heteroatoms. The number of carbonyl (C=O) groups excluding carboxylic acids is 1. The van der Waals surface area contributed by atoms with Crippen LogP contribution in [0.2, 0.25) is 0 Å². The lowest BCUT2D eigenvalue weighted by Crippen LogP contribution is -2.55. The lowest BCUT2D eigenvalue weighted by atomic mass is 9.84. The highest BCUT2D eigenvalue weighted by molar-refractivity contribution is 5.74. The van der Waals surface area contributed by atoms with Crippen molar-refractivity contribution >= 4 is 6.03 Å². The van der Waals surface area contributed by atoms with Gasteiger partial charge in [-0.2, -0.15) is 0 Å². The van der Waals surface area contributed by atoms with Gasteiger partial charge < -0.3 is 9.80 Å². The molecule has 1 aromatic heterocycles. The Balaban J connectivity index is 1.60. The van der Waals surface area contributed by atoms with Gasteiger partial charge >= 0.3 is 6.03 Å². The van der Waals surface area contributed by atoms with Gasteiger partial charge in [0.2, 0.25) is 0 Å². The number of aromatic nitrogens is 1. The van der Waals surface area contributed by atoms with Crippen molar-refractivity contribution in [2.24, 2.45) is 11.8 Å². The third-order valence-corrected chi connectivity index (χ3v) is 4.44. The lowest BCUT2D eigenvalue weighted by molar-refractivity contribution is 0.0372. The molecule has 2 unspecified atom stereocenters. The van der Waals surface area contributed by atoms with Crippen molar-refractivity contribution < 1.29 is 4.79 Å². The molecule has 0 radical (unpaired) electrons. The Kier molecular flexibility index (Phi) is 4.10. The predicted octanol–water partition coefficient (Wildman–Crippen LogP) is 1.52. The zero-order valence-corrected chi connectivity index (χ0v) is 12.9. The molecule has 2 aliphatic rings. The predicted molar refractivity (Wildman–Crippen MR) is 81.8 cm³/mol. The van der Waals surface area contributed by atoms with Gasteiger partial charge in [0.05, 0.1) is 0 Å². The van der Waals surface area contributed by atoms with Crippen LogP contribution in [0.3, 0.4) is 0 Å². The van der Waals surface area contributed by atoms with E-state index in [4.69, 9.17) is 0 Å². The minimum Gasteiger partial charge on any atom is -0.331 e. The number of urea groups is 1. The van der Waals surface area contributed by atoms with E-state index in [-0.39, 0.29) is 6.03 Å². The summed E-state index contributed by atoms with van der Waals surface area (Å²) in [5, 5.41) is 0. The number of hydrogen-bond donors (Lipinski definition) is 0. The number of hydrogen-bond acceptors (Lipinski definition) is 3. The van der Waals surface area contributed by atoms with Gasteiger partial charge in [0.15, 0.2) is 0 Å². The zero-order chi connectivity index (χ0) is 14.8. The number of carbonyl (C=O) groups is 1. The third kappa shape index (κ3) is 3.35. The summed E-state index contributed by atoms with van der Waals surface area (Å²) in [5.74, 6) is 1.22. The monoisotopic (exact) mass is 288 g/mol. The quantitative estimate of drug-likeness (QED) is 0.828. The highest BCUT2D eigenvalue weighted by Gasteiger charge is 2.36. The molecule has 114 valence electrons. The molecule has 0 saturated carbocycles. The molecule has 21 heavy (non-hydrogen) atoms. The van der Waals surface area contributed by atoms with Crippen molar-refractivity contribution in [1.29, 1.82) is 0 Å². The van der Waals surface area contributed by atoms with Crippen molar-refractivity contribution in [3.05, 3.63) is 30.1 Å². The van der Waals surface area contributed by atoms with E-state index in [1.165, 1.54) is 12.0 Å². The lowest BCUT2D eigenvalue weighted by Gasteiger charge is -2.46. The molecule has 3 rings (SSSR count). The first-order chi connectivity index (χ1) is 10.1. The summed E-state index contributed by atoms with van der Waals surface area (Å²) in [4.78, 5) is 22.6. The fourth-order valence-corrected chi connectivity index (χ4v) is 3.71. The summed E-state index contributed by atoms with van der Waals surface area (Å²) in [7, 11) is 3.67. The van der Waals surface area contributed by atoms with Gasteiger partial charge in [-0.05, 0) is 29.9 Å². The summed E-state index contributed by atoms with van der Waals surface area (Å²) in [6, 6.07) is 4.29. The molecule has 2 bridgehead atoms. The second-order valence-corrected chi connectivity index (χ2v) is 6.61. The summed E-state index contributed by atoms with van der Waals surface area (Å²) in [6.07, 6.45) is 5.03. The van der Waals surface area contributed by atoms with Gasteiger partial charge in [0.1, 0.15) is 0 Å². The average molecular weight is 288 g/mol. The Morgan fingerprint density at radius 1 is 1.29 bits per heavy atom. The van der Waals surface area contributed by atoms with Gasteiger partial charge in [-0.25, -0.2) is 4.79 Å². The molecular formula is C16H24N4O. The Morgan fingerprint density at radius 3 is 2.57 bits per heavy atom. The van der Waals surface area contributed by atoms with E-state index in [2.05, 4.69) is 16.0 Å². The number of pyridine rings is 1. The van der Waals surface area contributed by atoms with E-state index in [0.717, 1.165) is 32.7 Å². The maximum Gasteiger partial charge on any atom is 0.319 e. The van der Waals surface area contributed by atoms with Crippen LogP contribution in [0.4, 0.5) is 4.79 Å². The van der Waals surface area contributed by atoms with Crippen LogP contribution in [0.15, 0.2) is 24.5 Å². The van der Waals surface area contributed by atoms with Gasteiger partial charge in [-0.15, -0.1) is 0 Å². The fraction of sp³-hybridized carbons (Fsp3) is 0.625. The second kappa shape index (κ2) is 6.02. The summed E-state index contributed by atoms with van der Waals surface area (Å²) < 4.78 is 0. The number of rotatable bonds is 2. The van der Waals surface area contributed by atoms with Crippen molar-refractivity contribution in [1.82, 2.24) is 19.7 Å². The molecule has 2 saturated heterocycles. The first-order valence-electron chi connectivity index (χ1n) is 7.69. The molecular weight excluding hydrogens is 264 g/mol. The number of nitrogens with zero attached hydrogens (tertiary/aromatic N) is 4. The SMILES string of the molecule is CN(C)C(=O)N1CC2CC(CN(Cc3cccnc3)C2)C1. The zero-order valence-electron chi connectivity index (χ0n) is 12.9. The van der Waals surface area contributed by atoms with Crippen molar-refractivity contribution in [2.45, 2.75) is 13.0 Å². The van der Waals surface area contributed by atoms with E-state index in [9.17, 15) is 4.79 Å². The molecule has 2 atom stereocenters. The molecule has 1 aromatic rings. The molecule has 0 N–H and O–H groups in total. The molecule has 0 aromatic carbocycles. The normalized spacial score (nSPS) is 25.7. The van der Waals surface area contributed by atoms with E-state index in [1.54, 1.807) is 4.90 Å². The van der Waals surface area contributed by atoms with Gasteiger partial charge in [-0.3, -0.25) is 9.88 Å². The number of likely N-dealkylation sites (tertiary alicyclic amines) is 2. The van der Waals surface area contributed by atoms with E-state index in [1.807, 2.05) is 37.5 Å². The molecule has 5 nitrogen and oxygen atoms in total. The van der Waals surface area contributed by atoms with E-state index >= 15 is 0 Å². The molecule has 2 aliphatic heterocycles. The standard InChI is InChI=1S/C16H24N4O/c1-18(2)16(21)20-11-14-6-15(12-20)10-19(9-14)8-13-4-3-5-17-7-13/h3-5,7,14-15H,6,8-12H2,1-2H3. The fourth-order valence-electron chi connectivity index (χ4n) is 3.71. The first kappa shape index (κ1) is 14.3. The number of piperidine rings is 2. The number of fused-ring (bicyclic) bond motifs is 2. The van der Waals surface area contributed by atoms with Crippen LogP contribution in [0.25, 0.3) is 0 Å². The van der Waals surface area contributed by atoms with Crippen molar-refractivity contribution in [3.8, 4) is 0 Å². The van der Waals surface area contributed by atoms with Crippen LogP contribution >= 0.6 is 0 Å². The Bertz CT molecular complexity index is 476. The topological polar surface area (TPSA) is 39.7 Å². The van der Waals surface area contributed by atoms with Crippen LogP contribution < -0.4 is 0 Å². The van der Waals surface area contributed by atoms with E-state index in [0.29, 0.717) is 11.8 Å². The molecule has 0 spiro atoms. The summed E-state index contributed by atoms with van der Waals surface area (Å²) in [5.41, 5.74) is 1.28. The van der Waals surface area contributed by atoms with Crippen LogP contribution in [0, 0.1) is 11.8 Å². The molecule has 2 fully saturated rings. The average Bonchev–Trinajstić information content (AvgIpc) is 2.46. The van der Waals surface area contributed by atoms with E-state index < -0.39 is 0 Å². The Morgan fingerprint density at radius 2 is 2.00 bits per heavy atom. The number of amides is 2. The molecule has 0 aliphatic carbocycles. The molecule has 3 heterocycles. The first-order valence-corrected chi connectivity index (χ1v) is 7.69. The Hall–Kier alpha value is -1.62. The summed E-state index contributed by atoms with van der Waals surface area (Å²) in [6.45, 7) is 4.95. The van der Waals surface area contributed by atoms with Crippen molar-refractivity contribution in [3.63, 3.8) is 0 Å². The minimum absolute atomic E-state index is 0.158. The largest absolute Gasteiger partial charge is 0.331 e. The maximum absolute atomic E-state index is 12.1. The highest BCUT2D eigenvalue weighted by atomic mass is 16.2. The van der Waals surface area contributed by atoms with Crippen LogP contribution in [0.5, 0.6) is 0 Å².